The molecule has 0 spiro atoms. The predicted octanol–water partition coefficient (Wildman–Crippen LogP) is 5.37. The summed E-state index contributed by atoms with van der Waals surface area (Å²) >= 11 is 6.05. The van der Waals surface area contributed by atoms with Crippen LogP contribution in [0.2, 0.25) is 5.02 Å². The Morgan fingerprint density at radius 2 is 1.73 bits per heavy atom. The molecule has 0 aliphatic heterocycles. The number of hydrogen-bond donors (Lipinski definition) is 2. The zero-order valence-corrected chi connectivity index (χ0v) is 14.6. The van der Waals surface area contributed by atoms with E-state index in [1.54, 1.807) is 36.4 Å². The molecule has 0 radical (unpaired) electrons. The van der Waals surface area contributed by atoms with Crippen molar-refractivity contribution in [2.24, 2.45) is 0 Å². The molecule has 0 fully saturated rings. The number of rotatable bonds is 5. The topological polar surface area (TPSA) is 64.4 Å². The third-order valence-electron chi connectivity index (χ3n) is 3.53. The van der Waals surface area contributed by atoms with Gasteiger partial charge in [0, 0.05) is 16.8 Å². The average molecular weight is 365 g/mol. The molecule has 26 heavy (non-hydrogen) atoms. The number of benzene rings is 3. The molecule has 3 rings (SSSR count). The first-order valence-electron chi connectivity index (χ1n) is 7.97. The van der Waals surface area contributed by atoms with Gasteiger partial charge in [-0.3, -0.25) is 4.79 Å². The van der Waals surface area contributed by atoms with Crippen molar-refractivity contribution in [2.45, 2.75) is 0 Å². The number of ether oxygens (including phenoxy) is 1. The van der Waals surface area contributed by atoms with Crippen LogP contribution in [0, 0.1) is 0 Å². The minimum absolute atomic E-state index is 0.290. The number of nitrogens with two attached hydrogens (primary N) is 1. The molecule has 3 aromatic rings. The van der Waals surface area contributed by atoms with Crippen LogP contribution in [-0.2, 0) is 4.79 Å². The highest BCUT2D eigenvalue weighted by Crippen LogP contribution is 2.32. The van der Waals surface area contributed by atoms with Gasteiger partial charge in [0.05, 0.1) is 5.69 Å². The Bertz CT molecular complexity index is 923. The maximum absolute atomic E-state index is 12.2. The quantitative estimate of drug-likeness (QED) is 0.472. The maximum Gasteiger partial charge on any atom is 0.248 e. The van der Waals surface area contributed by atoms with Crippen LogP contribution >= 0.6 is 11.6 Å². The van der Waals surface area contributed by atoms with Crippen LogP contribution in [0.3, 0.4) is 0 Å². The first-order valence-corrected chi connectivity index (χ1v) is 8.35. The summed E-state index contributed by atoms with van der Waals surface area (Å²) in [7, 11) is 0. The van der Waals surface area contributed by atoms with Gasteiger partial charge in [-0.2, -0.15) is 0 Å². The maximum atomic E-state index is 12.2. The Hall–Kier alpha value is -3.24. The first kappa shape index (κ1) is 17.6. The van der Waals surface area contributed by atoms with E-state index < -0.39 is 0 Å². The zero-order valence-electron chi connectivity index (χ0n) is 13.9. The number of nitrogen functional groups attached to an aromatic ring is 1. The number of hydrogen-bond acceptors (Lipinski definition) is 3. The molecule has 0 atom stereocenters. The monoisotopic (exact) mass is 364 g/mol. The van der Waals surface area contributed by atoms with Crippen molar-refractivity contribution in [3.8, 4) is 11.5 Å². The first-order chi connectivity index (χ1) is 12.6. The zero-order chi connectivity index (χ0) is 18.4. The molecule has 0 heterocycles. The van der Waals surface area contributed by atoms with Crippen LogP contribution in [0.25, 0.3) is 6.08 Å². The van der Waals surface area contributed by atoms with E-state index in [2.05, 4.69) is 5.32 Å². The number of carbonyl (C=O) groups is 1. The highest BCUT2D eigenvalue weighted by molar-refractivity contribution is 6.31. The van der Waals surface area contributed by atoms with E-state index in [4.69, 9.17) is 22.1 Å². The van der Waals surface area contributed by atoms with Gasteiger partial charge in [0.2, 0.25) is 5.91 Å². The molecule has 0 aliphatic carbocycles. The van der Waals surface area contributed by atoms with Gasteiger partial charge in [-0.1, -0.05) is 41.9 Å². The molecular weight excluding hydrogens is 348 g/mol. The van der Waals surface area contributed by atoms with E-state index >= 15 is 0 Å². The minimum atomic E-state index is -0.290. The summed E-state index contributed by atoms with van der Waals surface area (Å²) in [6.45, 7) is 0. The van der Waals surface area contributed by atoms with Crippen molar-refractivity contribution in [3.05, 3.63) is 89.5 Å². The van der Waals surface area contributed by atoms with E-state index in [1.165, 1.54) is 6.08 Å². The van der Waals surface area contributed by atoms with Crippen LogP contribution in [0.5, 0.6) is 11.5 Å². The molecule has 3 N–H and O–H groups in total. The molecule has 4 nitrogen and oxygen atoms in total. The fraction of sp³-hybridized carbons (Fsp3) is 0. The summed E-state index contributed by atoms with van der Waals surface area (Å²) in [4.78, 5) is 12.2. The van der Waals surface area contributed by atoms with Gasteiger partial charge in [-0.15, -0.1) is 0 Å². The van der Waals surface area contributed by atoms with Crippen LogP contribution in [0.1, 0.15) is 5.56 Å². The van der Waals surface area contributed by atoms with Crippen molar-refractivity contribution in [2.75, 3.05) is 11.1 Å². The second-order valence-electron chi connectivity index (χ2n) is 5.54. The van der Waals surface area contributed by atoms with Crippen LogP contribution in [0.15, 0.2) is 78.9 Å². The van der Waals surface area contributed by atoms with Gasteiger partial charge < -0.3 is 15.8 Å². The minimum Gasteiger partial charge on any atom is -0.455 e. The largest absolute Gasteiger partial charge is 0.455 e. The lowest BCUT2D eigenvalue weighted by molar-refractivity contribution is -0.111. The summed E-state index contributed by atoms with van der Waals surface area (Å²) in [5, 5.41) is 3.30. The van der Waals surface area contributed by atoms with E-state index in [-0.39, 0.29) is 5.91 Å². The molecule has 0 saturated heterocycles. The normalized spacial score (nSPS) is 10.7. The smallest absolute Gasteiger partial charge is 0.248 e. The number of carbonyl (C=O) groups excluding carboxylic acids is 1. The lowest BCUT2D eigenvalue weighted by Gasteiger charge is -2.12. The van der Waals surface area contributed by atoms with E-state index in [1.807, 2.05) is 42.5 Å². The second-order valence-corrected chi connectivity index (χ2v) is 5.98. The summed E-state index contributed by atoms with van der Waals surface area (Å²) in [6.07, 6.45) is 3.15. The number of nitrogens with one attached hydrogen (secondary N) is 1. The number of halogens is 1. The van der Waals surface area contributed by atoms with Crippen LogP contribution in [-0.4, -0.2) is 5.91 Å². The Morgan fingerprint density at radius 3 is 2.46 bits per heavy atom. The van der Waals surface area contributed by atoms with E-state index in [0.29, 0.717) is 27.9 Å². The number of anilines is 2. The lowest BCUT2D eigenvalue weighted by Crippen LogP contribution is -2.08. The molecule has 0 aliphatic rings. The van der Waals surface area contributed by atoms with E-state index in [9.17, 15) is 4.79 Å². The van der Waals surface area contributed by atoms with Crippen LogP contribution in [0.4, 0.5) is 11.4 Å². The fourth-order valence-electron chi connectivity index (χ4n) is 2.26. The third-order valence-corrected chi connectivity index (χ3v) is 3.77. The average Bonchev–Trinajstić information content (AvgIpc) is 2.64. The Labute approximate surface area is 156 Å². The van der Waals surface area contributed by atoms with Crippen molar-refractivity contribution < 1.29 is 9.53 Å². The molecule has 0 bridgehead atoms. The van der Waals surface area contributed by atoms with Gasteiger partial charge in [0.25, 0.3) is 0 Å². The van der Waals surface area contributed by atoms with Gasteiger partial charge in [-0.25, -0.2) is 0 Å². The highest BCUT2D eigenvalue weighted by Gasteiger charge is 2.08. The van der Waals surface area contributed by atoms with Crippen molar-refractivity contribution in [3.63, 3.8) is 0 Å². The lowest BCUT2D eigenvalue weighted by atomic mass is 10.2. The van der Waals surface area contributed by atoms with Crippen molar-refractivity contribution in [1.29, 1.82) is 0 Å². The summed E-state index contributed by atoms with van der Waals surface area (Å²) in [6, 6.07) is 21.6. The van der Waals surface area contributed by atoms with Crippen LogP contribution < -0.4 is 15.8 Å². The molecule has 5 heteroatoms. The molecular formula is C21H17ClN2O2. The van der Waals surface area contributed by atoms with E-state index in [0.717, 1.165) is 5.56 Å². The molecule has 3 aromatic carbocycles. The summed E-state index contributed by atoms with van der Waals surface area (Å²) < 4.78 is 5.83. The van der Waals surface area contributed by atoms with Crippen molar-refractivity contribution in [1.82, 2.24) is 0 Å². The number of amides is 1. The van der Waals surface area contributed by atoms with Gasteiger partial charge in [0.15, 0.2) is 5.75 Å². The fourth-order valence-corrected chi connectivity index (χ4v) is 2.43. The SMILES string of the molecule is Nc1ccc(/C=C/C(=O)Nc2cc(Cl)ccc2Oc2ccccc2)cc1. The standard InChI is InChI=1S/C21H17ClN2O2/c22-16-9-12-20(26-18-4-2-1-3-5-18)19(14-16)24-21(25)13-8-15-6-10-17(23)11-7-15/h1-14H,23H2,(H,24,25)/b13-8+. The van der Waals surface area contributed by atoms with Gasteiger partial charge in [0.1, 0.15) is 5.75 Å². The van der Waals surface area contributed by atoms with Gasteiger partial charge in [-0.05, 0) is 54.1 Å². The highest BCUT2D eigenvalue weighted by atomic mass is 35.5. The Kier molecular flexibility index (Phi) is 5.56. The molecule has 0 saturated carbocycles. The third kappa shape index (κ3) is 4.88. The second kappa shape index (κ2) is 8.23. The molecule has 1 amide bonds. The molecule has 0 aromatic heterocycles. The summed E-state index contributed by atoms with van der Waals surface area (Å²) in [5.74, 6) is 0.888. The molecule has 130 valence electrons. The predicted molar refractivity (Wildman–Crippen MR) is 106 cm³/mol. The number of para-hydroxylation sites is 1. The van der Waals surface area contributed by atoms with Gasteiger partial charge >= 0.3 is 0 Å². The molecule has 0 unspecified atom stereocenters. The summed E-state index contributed by atoms with van der Waals surface area (Å²) in [5.41, 5.74) is 7.69. The van der Waals surface area contributed by atoms with Crippen molar-refractivity contribution >= 4 is 35.0 Å². The Balaban J connectivity index is 1.74. The Morgan fingerprint density at radius 1 is 1.00 bits per heavy atom.